The van der Waals surface area contributed by atoms with Gasteiger partial charge in [0.05, 0.1) is 0 Å². The SMILES string of the molecule is C[SiH](C)C1=[C-]CC=C1.Cl.[Zr]. The minimum Gasteiger partial charge on any atom is -0.274 e. The van der Waals surface area contributed by atoms with Gasteiger partial charge in [0.2, 0.25) is 0 Å². The van der Waals surface area contributed by atoms with E-state index < -0.39 is 8.80 Å². The Morgan fingerprint density at radius 3 is 2.30 bits per heavy atom. The van der Waals surface area contributed by atoms with Crippen LogP contribution in [-0.4, -0.2) is 8.80 Å². The summed E-state index contributed by atoms with van der Waals surface area (Å²) in [6.45, 7) is 4.66. The van der Waals surface area contributed by atoms with Crippen LogP contribution < -0.4 is 0 Å². The van der Waals surface area contributed by atoms with E-state index in [0.29, 0.717) is 0 Å². The fourth-order valence-electron chi connectivity index (χ4n) is 0.818. The summed E-state index contributed by atoms with van der Waals surface area (Å²) >= 11 is 0. The molecule has 0 N–H and O–H groups in total. The van der Waals surface area contributed by atoms with E-state index in [4.69, 9.17) is 0 Å². The first kappa shape index (κ1) is 13.5. The van der Waals surface area contributed by atoms with E-state index in [1.165, 1.54) is 5.20 Å². The third-order valence-corrected chi connectivity index (χ3v) is 2.98. The van der Waals surface area contributed by atoms with Crippen molar-refractivity contribution in [1.29, 1.82) is 0 Å². The monoisotopic (exact) mass is 249 g/mol. The molecule has 0 amide bonds. The number of allylic oxidation sites excluding steroid dienone is 4. The first-order valence-corrected chi connectivity index (χ1v) is 5.96. The molecule has 0 aromatic heterocycles. The zero-order valence-corrected chi connectivity index (χ0v) is 10.8. The third kappa shape index (κ3) is 3.90. The molecule has 0 heterocycles. The summed E-state index contributed by atoms with van der Waals surface area (Å²) in [5.41, 5.74) is 0. The second kappa shape index (κ2) is 6.57. The molecule has 10 heavy (non-hydrogen) atoms. The molecule has 3 heteroatoms. The van der Waals surface area contributed by atoms with Gasteiger partial charge in [-0.2, -0.15) is 6.08 Å². The fourth-order valence-corrected chi connectivity index (χ4v) is 1.87. The van der Waals surface area contributed by atoms with Crippen LogP contribution in [0.25, 0.3) is 0 Å². The van der Waals surface area contributed by atoms with E-state index in [1.54, 1.807) is 0 Å². The maximum atomic E-state index is 3.32. The average Bonchev–Trinajstić information content (AvgIpc) is 2.12. The van der Waals surface area contributed by atoms with E-state index in [1.807, 2.05) is 0 Å². The van der Waals surface area contributed by atoms with Crippen molar-refractivity contribution in [1.82, 2.24) is 0 Å². The van der Waals surface area contributed by atoms with E-state index >= 15 is 0 Å². The molecule has 0 saturated heterocycles. The van der Waals surface area contributed by atoms with Crippen LogP contribution in [0.3, 0.4) is 0 Å². The van der Waals surface area contributed by atoms with Gasteiger partial charge in [-0.1, -0.05) is 13.1 Å². The molecule has 0 nitrogen and oxygen atoms in total. The molecule has 1 rings (SSSR count). The third-order valence-electron chi connectivity index (χ3n) is 1.34. The molecule has 0 aromatic carbocycles. The molecule has 0 saturated carbocycles. The van der Waals surface area contributed by atoms with Crippen LogP contribution >= 0.6 is 12.4 Å². The molecular weight excluding hydrogens is 239 g/mol. The summed E-state index contributed by atoms with van der Waals surface area (Å²) in [4.78, 5) is 0. The first-order valence-electron chi connectivity index (χ1n) is 3.08. The second-order valence-electron chi connectivity index (χ2n) is 2.39. The molecular formula is C7H12ClSiZr-. The first-order chi connectivity index (χ1) is 3.80. The second-order valence-corrected chi connectivity index (χ2v) is 5.32. The fraction of sp³-hybridized carbons (Fsp3) is 0.429. The van der Waals surface area contributed by atoms with Crippen LogP contribution in [-0.2, 0) is 26.2 Å². The Labute approximate surface area is 89.9 Å². The Morgan fingerprint density at radius 1 is 1.50 bits per heavy atom. The van der Waals surface area contributed by atoms with Crippen molar-refractivity contribution in [3.8, 4) is 0 Å². The zero-order valence-electron chi connectivity index (χ0n) is 6.35. The van der Waals surface area contributed by atoms with E-state index in [9.17, 15) is 0 Å². The quantitative estimate of drug-likeness (QED) is 0.494. The standard InChI is InChI=1S/C7H11Si.ClH.Zr/c1-8(2)7-5-3-4-6-7;;/h3,5,8H,4H2,1-2H3;1H;/q-1;;. The normalized spacial score (nSPS) is 14.1. The summed E-state index contributed by atoms with van der Waals surface area (Å²) in [6.07, 6.45) is 8.78. The Bertz CT molecular complexity index is 141. The molecule has 0 spiro atoms. The number of rotatable bonds is 1. The summed E-state index contributed by atoms with van der Waals surface area (Å²) < 4.78 is 0. The molecule has 0 radical (unpaired) electrons. The predicted molar refractivity (Wildman–Crippen MR) is 46.6 cm³/mol. The molecule has 1 aliphatic rings. The molecule has 56 valence electrons. The topological polar surface area (TPSA) is 0 Å². The molecule has 0 unspecified atom stereocenters. The molecule has 0 aromatic rings. The maximum absolute atomic E-state index is 3.32. The van der Waals surface area contributed by atoms with Crippen LogP contribution in [0.4, 0.5) is 0 Å². The zero-order chi connectivity index (χ0) is 5.98. The predicted octanol–water partition coefficient (Wildman–Crippen LogP) is 2.12. The summed E-state index contributed by atoms with van der Waals surface area (Å²) in [5, 5.41) is 1.50. The van der Waals surface area contributed by atoms with Gasteiger partial charge in [-0.3, -0.25) is 6.08 Å². The van der Waals surface area contributed by atoms with Crippen molar-refractivity contribution >= 4 is 21.2 Å². The largest absolute Gasteiger partial charge is 0.274 e. The van der Waals surface area contributed by atoms with Gasteiger partial charge < -0.3 is 0 Å². The van der Waals surface area contributed by atoms with Crippen molar-refractivity contribution in [2.75, 3.05) is 0 Å². The summed E-state index contributed by atoms with van der Waals surface area (Å²) in [7, 11) is -0.504. The Kier molecular flexibility index (Phi) is 8.85. The van der Waals surface area contributed by atoms with Gasteiger partial charge in [-0.15, -0.1) is 18.8 Å². The van der Waals surface area contributed by atoms with Crippen molar-refractivity contribution in [3.63, 3.8) is 0 Å². The van der Waals surface area contributed by atoms with Crippen molar-refractivity contribution in [3.05, 3.63) is 23.4 Å². The Balaban J connectivity index is 0. The van der Waals surface area contributed by atoms with Crippen molar-refractivity contribution in [2.45, 2.75) is 19.5 Å². The minimum atomic E-state index is -0.504. The van der Waals surface area contributed by atoms with Gasteiger partial charge in [0, 0.05) is 35.0 Å². The van der Waals surface area contributed by atoms with Gasteiger partial charge in [0.1, 0.15) is 0 Å². The van der Waals surface area contributed by atoms with Gasteiger partial charge in [0.25, 0.3) is 0 Å². The minimum absolute atomic E-state index is 0. The average molecular weight is 251 g/mol. The van der Waals surface area contributed by atoms with Crippen molar-refractivity contribution < 1.29 is 26.2 Å². The van der Waals surface area contributed by atoms with Crippen molar-refractivity contribution in [2.24, 2.45) is 0 Å². The number of hydrogen-bond donors (Lipinski definition) is 0. The van der Waals surface area contributed by atoms with Gasteiger partial charge in [-0.25, -0.2) is 11.3 Å². The Hall–Kier alpha value is 0.870. The van der Waals surface area contributed by atoms with Gasteiger partial charge in [-0.05, 0) is 0 Å². The van der Waals surface area contributed by atoms with Gasteiger partial charge in [0.15, 0.2) is 0 Å². The Morgan fingerprint density at radius 2 is 2.10 bits per heavy atom. The van der Waals surface area contributed by atoms with Crippen LogP contribution in [0.2, 0.25) is 13.1 Å². The van der Waals surface area contributed by atoms with Crippen LogP contribution in [0.15, 0.2) is 17.3 Å². The number of hydrogen-bond acceptors (Lipinski definition) is 0. The van der Waals surface area contributed by atoms with E-state index in [0.717, 1.165) is 6.42 Å². The molecule has 0 bridgehead atoms. The van der Waals surface area contributed by atoms with Crippen LogP contribution in [0.1, 0.15) is 6.42 Å². The van der Waals surface area contributed by atoms with Crippen LogP contribution in [0, 0.1) is 6.08 Å². The number of halogens is 1. The molecule has 0 fully saturated rings. The van der Waals surface area contributed by atoms with Gasteiger partial charge >= 0.3 is 0 Å². The molecule has 0 atom stereocenters. The van der Waals surface area contributed by atoms with Crippen LogP contribution in [0.5, 0.6) is 0 Å². The van der Waals surface area contributed by atoms with E-state index in [-0.39, 0.29) is 38.6 Å². The molecule has 0 aliphatic heterocycles. The summed E-state index contributed by atoms with van der Waals surface area (Å²) in [5.74, 6) is 0. The maximum Gasteiger partial charge on any atom is 0.0256 e. The van der Waals surface area contributed by atoms with E-state index in [2.05, 4.69) is 31.3 Å². The summed E-state index contributed by atoms with van der Waals surface area (Å²) in [6, 6.07) is 0. The smallest absolute Gasteiger partial charge is 0.0256 e. The molecule has 1 aliphatic carbocycles.